The standard InChI is InChI=1S/C19H32N4O3SSi/c1-15-19-17(22-27(24,25)16-8-10-20-11-9-16)6-5-7-18(19)23(21-15)14-26-12-13-28(2,3)4/h5-7,16,20,22H,8-14H2,1-4H3. The molecule has 2 aromatic rings. The lowest BCUT2D eigenvalue weighted by Gasteiger charge is -2.23. The van der Waals surface area contributed by atoms with Gasteiger partial charge in [0, 0.05) is 20.1 Å². The van der Waals surface area contributed by atoms with Crippen LogP contribution in [0.3, 0.4) is 0 Å². The van der Waals surface area contributed by atoms with Crippen molar-refractivity contribution in [3.8, 4) is 0 Å². The van der Waals surface area contributed by atoms with Gasteiger partial charge in [0.25, 0.3) is 0 Å². The maximum atomic E-state index is 12.8. The average molecular weight is 425 g/mol. The fraction of sp³-hybridized carbons (Fsp3) is 0.632. The van der Waals surface area contributed by atoms with E-state index in [4.69, 9.17) is 4.74 Å². The summed E-state index contributed by atoms with van der Waals surface area (Å²) >= 11 is 0. The molecule has 156 valence electrons. The molecule has 0 amide bonds. The van der Waals surface area contributed by atoms with E-state index in [1.165, 1.54) is 0 Å². The van der Waals surface area contributed by atoms with Crippen molar-refractivity contribution in [2.24, 2.45) is 0 Å². The molecule has 0 saturated carbocycles. The normalized spacial score (nSPS) is 16.6. The van der Waals surface area contributed by atoms with Crippen LogP contribution in [-0.2, 0) is 21.5 Å². The zero-order chi connectivity index (χ0) is 20.4. The quantitative estimate of drug-likeness (QED) is 0.502. The molecule has 9 heteroatoms. The van der Waals surface area contributed by atoms with Gasteiger partial charge >= 0.3 is 0 Å². The van der Waals surface area contributed by atoms with Gasteiger partial charge in [0.05, 0.1) is 22.1 Å². The number of benzene rings is 1. The number of aromatic nitrogens is 2. The maximum Gasteiger partial charge on any atom is 0.235 e. The lowest BCUT2D eigenvalue weighted by atomic mass is 10.2. The predicted octanol–water partition coefficient (Wildman–Crippen LogP) is 3.15. The highest BCUT2D eigenvalue weighted by Gasteiger charge is 2.28. The summed E-state index contributed by atoms with van der Waals surface area (Å²) in [6.07, 6.45) is 1.27. The van der Waals surface area contributed by atoms with Gasteiger partial charge in [0.2, 0.25) is 10.0 Å². The first-order valence-electron chi connectivity index (χ1n) is 9.94. The second-order valence-corrected chi connectivity index (χ2v) is 16.3. The van der Waals surface area contributed by atoms with Crippen LogP contribution in [-0.4, -0.2) is 51.2 Å². The summed E-state index contributed by atoms with van der Waals surface area (Å²) in [4.78, 5) is 0. The Morgan fingerprint density at radius 1 is 1.29 bits per heavy atom. The smallest absolute Gasteiger partial charge is 0.235 e. The molecule has 1 aromatic carbocycles. The average Bonchev–Trinajstić information content (AvgIpc) is 2.95. The number of anilines is 1. The number of fused-ring (bicyclic) bond motifs is 1. The van der Waals surface area contributed by atoms with Crippen molar-refractivity contribution in [3.05, 3.63) is 23.9 Å². The van der Waals surface area contributed by atoms with Gasteiger partial charge in [0.15, 0.2) is 0 Å². The molecule has 1 aliphatic heterocycles. The monoisotopic (exact) mass is 424 g/mol. The third-order valence-electron chi connectivity index (χ3n) is 5.14. The van der Waals surface area contributed by atoms with E-state index < -0.39 is 18.1 Å². The van der Waals surface area contributed by atoms with Gasteiger partial charge in [-0.3, -0.25) is 4.72 Å². The Hall–Kier alpha value is -1.42. The molecular formula is C19H32N4O3SSi. The third-order valence-corrected chi connectivity index (χ3v) is 8.70. The number of sulfonamides is 1. The molecule has 0 atom stereocenters. The Kier molecular flexibility index (Phi) is 6.48. The van der Waals surface area contributed by atoms with Gasteiger partial charge in [-0.05, 0) is 51.0 Å². The van der Waals surface area contributed by atoms with Crippen molar-refractivity contribution in [2.75, 3.05) is 24.4 Å². The fourth-order valence-electron chi connectivity index (χ4n) is 3.48. The van der Waals surface area contributed by atoms with Gasteiger partial charge in [-0.1, -0.05) is 25.7 Å². The van der Waals surface area contributed by atoms with Crippen molar-refractivity contribution in [1.82, 2.24) is 15.1 Å². The van der Waals surface area contributed by atoms with Crippen LogP contribution in [0.2, 0.25) is 25.7 Å². The lowest BCUT2D eigenvalue weighted by molar-refractivity contribution is 0.0815. The van der Waals surface area contributed by atoms with E-state index in [0.717, 1.165) is 42.3 Å². The molecule has 0 spiro atoms. The summed E-state index contributed by atoms with van der Waals surface area (Å²) in [5.74, 6) is 0. The molecule has 1 aromatic heterocycles. The first-order valence-corrected chi connectivity index (χ1v) is 15.2. The zero-order valence-corrected chi connectivity index (χ0v) is 19.1. The summed E-state index contributed by atoms with van der Waals surface area (Å²) < 4.78 is 36.2. The van der Waals surface area contributed by atoms with Crippen LogP contribution in [0, 0.1) is 6.92 Å². The van der Waals surface area contributed by atoms with Crippen LogP contribution in [0.15, 0.2) is 18.2 Å². The number of nitrogens with one attached hydrogen (secondary N) is 2. The van der Waals surface area contributed by atoms with E-state index in [1.807, 2.05) is 29.8 Å². The number of piperidine rings is 1. The molecule has 2 heterocycles. The maximum absolute atomic E-state index is 12.8. The highest BCUT2D eigenvalue weighted by Crippen LogP contribution is 2.29. The third kappa shape index (κ3) is 5.14. The Morgan fingerprint density at radius 3 is 2.68 bits per heavy atom. The molecule has 0 radical (unpaired) electrons. The minimum atomic E-state index is -3.43. The Balaban J connectivity index is 1.78. The Bertz CT molecular complexity index is 915. The summed E-state index contributed by atoms with van der Waals surface area (Å²) in [6, 6.07) is 6.74. The highest BCUT2D eigenvalue weighted by atomic mass is 32.2. The van der Waals surface area contributed by atoms with Crippen LogP contribution in [0.4, 0.5) is 5.69 Å². The van der Waals surface area contributed by atoms with E-state index in [0.29, 0.717) is 25.3 Å². The zero-order valence-electron chi connectivity index (χ0n) is 17.3. The van der Waals surface area contributed by atoms with E-state index in [1.54, 1.807) is 0 Å². The van der Waals surface area contributed by atoms with Gasteiger partial charge in [0.1, 0.15) is 6.73 Å². The first kappa shape index (κ1) is 21.3. The summed E-state index contributed by atoms with van der Waals surface area (Å²) in [6.45, 7) is 11.4. The number of nitrogens with zero attached hydrogens (tertiary/aromatic N) is 2. The van der Waals surface area contributed by atoms with Crippen molar-refractivity contribution < 1.29 is 13.2 Å². The summed E-state index contributed by atoms with van der Waals surface area (Å²) in [5, 5.41) is 8.28. The van der Waals surface area contributed by atoms with Crippen LogP contribution in [0.25, 0.3) is 10.9 Å². The Morgan fingerprint density at radius 2 is 2.00 bits per heavy atom. The van der Waals surface area contributed by atoms with Gasteiger partial charge in [-0.25, -0.2) is 13.1 Å². The fourth-order valence-corrected chi connectivity index (χ4v) is 5.73. The molecule has 0 bridgehead atoms. The number of ether oxygens (including phenoxy) is 1. The number of aryl methyl sites for hydroxylation is 1. The molecule has 0 aliphatic carbocycles. The molecule has 1 aliphatic rings. The van der Waals surface area contributed by atoms with Crippen LogP contribution < -0.4 is 10.0 Å². The Labute approximate surface area is 168 Å². The molecule has 28 heavy (non-hydrogen) atoms. The molecular weight excluding hydrogens is 392 g/mol. The minimum absolute atomic E-state index is 0.357. The van der Waals surface area contributed by atoms with Crippen molar-refractivity contribution in [2.45, 2.75) is 57.4 Å². The topological polar surface area (TPSA) is 85.2 Å². The molecule has 1 fully saturated rings. The van der Waals surface area contributed by atoms with E-state index in [9.17, 15) is 8.42 Å². The van der Waals surface area contributed by atoms with Gasteiger partial charge in [-0.15, -0.1) is 0 Å². The van der Waals surface area contributed by atoms with E-state index in [2.05, 4.69) is 34.8 Å². The van der Waals surface area contributed by atoms with Crippen molar-refractivity contribution in [1.29, 1.82) is 0 Å². The second kappa shape index (κ2) is 8.52. The van der Waals surface area contributed by atoms with E-state index >= 15 is 0 Å². The summed E-state index contributed by atoms with van der Waals surface area (Å²) in [5.41, 5.74) is 2.28. The number of rotatable bonds is 8. The molecule has 0 unspecified atom stereocenters. The summed E-state index contributed by atoms with van der Waals surface area (Å²) in [7, 11) is -4.56. The molecule has 3 rings (SSSR count). The predicted molar refractivity (Wildman–Crippen MR) is 117 cm³/mol. The van der Waals surface area contributed by atoms with Crippen molar-refractivity contribution >= 4 is 34.7 Å². The molecule has 2 N–H and O–H groups in total. The first-order chi connectivity index (χ1) is 13.2. The second-order valence-electron chi connectivity index (χ2n) is 8.73. The van der Waals surface area contributed by atoms with E-state index in [-0.39, 0.29) is 5.25 Å². The molecule has 1 saturated heterocycles. The molecule has 7 nitrogen and oxygen atoms in total. The minimum Gasteiger partial charge on any atom is -0.360 e. The van der Waals surface area contributed by atoms with Crippen LogP contribution in [0.5, 0.6) is 0 Å². The van der Waals surface area contributed by atoms with Gasteiger partial charge in [-0.2, -0.15) is 5.10 Å². The van der Waals surface area contributed by atoms with Crippen LogP contribution in [0.1, 0.15) is 18.5 Å². The van der Waals surface area contributed by atoms with Crippen molar-refractivity contribution in [3.63, 3.8) is 0 Å². The number of hydrogen-bond donors (Lipinski definition) is 2. The van der Waals surface area contributed by atoms with Crippen LogP contribution >= 0.6 is 0 Å². The lowest BCUT2D eigenvalue weighted by Crippen LogP contribution is -2.38. The largest absolute Gasteiger partial charge is 0.360 e. The highest BCUT2D eigenvalue weighted by molar-refractivity contribution is 7.93. The number of hydrogen-bond acceptors (Lipinski definition) is 5. The van der Waals surface area contributed by atoms with Gasteiger partial charge < -0.3 is 10.1 Å². The SMILES string of the molecule is Cc1nn(COCC[Si](C)(C)C)c2cccc(NS(=O)(=O)C3CCNCC3)c12.